The molecule has 0 amide bonds. The molecule has 1 fully saturated rings. The van der Waals surface area contributed by atoms with E-state index in [2.05, 4.69) is 12.3 Å². The van der Waals surface area contributed by atoms with E-state index in [0.29, 0.717) is 0 Å². The van der Waals surface area contributed by atoms with E-state index in [1.165, 1.54) is 0 Å². The van der Waals surface area contributed by atoms with E-state index in [0.717, 1.165) is 25.0 Å². The van der Waals surface area contributed by atoms with Gasteiger partial charge in [-0.2, -0.15) is 17.0 Å². The van der Waals surface area contributed by atoms with Crippen LogP contribution in [0.3, 0.4) is 0 Å². The molecule has 2 heteroatoms. The van der Waals surface area contributed by atoms with Crippen molar-refractivity contribution in [3.63, 3.8) is 0 Å². The summed E-state index contributed by atoms with van der Waals surface area (Å²) in [6, 6.07) is 2.37. The predicted molar refractivity (Wildman–Crippen MR) is 40.3 cm³/mol. The zero-order valence-electron chi connectivity index (χ0n) is 5.68. The second-order valence-electron chi connectivity index (χ2n) is 2.63. The molecule has 0 aromatic heterocycles. The summed E-state index contributed by atoms with van der Waals surface area (Å²) in [5, 5.41) is 8.62. The summed E-state index contributed by atoms with van der Waals surface area (Å²) in [6.45, 7) is 0. The van der Waals surface area contributed by atoms with Crippen molar-refractivity contribution >= 4 is 11.8 Å². The Morgan fingerprint density at radius 1 is 1.67 bits per heavy atom. The zero-order valence-corrected chi connectivity index (χ0v) is 6.50. The standard InChI is InChI=1S/C7H11NS/c1-9-5-4-7(6-8)2-3-7/h2-5H2,1H3. The molecular weight excluding hydrogens is 130 g/mol. The molecule has 1 nitrogen and oxygen atoms in total. The van der Waals surface area contributed by atoms with Crippen molar-refractivity contribution in [2.24, 2.45) is 5.41 Å². The quantitative estimate of drug-likeness (QED) is 0.600. The van der Waals surface area contributed by atoms with Gasteiger partial charge in [-0.15, -0.1) is 0 Å². The van der Waals surface area contributed by atoms with E-state index in [-0.39, 0.29) is 5.41 Å². The number of thioether (sulfide) groups is 1. The molecule has 1 rings (SSSR count). The van der Waals surface area contributed by atoms with Gasteiger partial charge >= 0.3 is 0 Å². The lowest BCUT2D eigenvalue weighted by Gasteiger charge is -2.00. The maximum absolute atomic E-state index is 8.62. The Hall–Kier alpha value is -0.160. The van der Waals surface area contributed by atoms with Gasteiger partial charge in [-0.25, -0.2) is 0 Å². The van der Waals surface area contributed by atoms with Gasteiger partial charge in [0.2, 0.25) is 0 Å². The van der Waals surface area contributed by atoms with Crippen LogP contribution < -0.4 is 0 Å². The van der Waals surface area contributed by atoms with Crippen LogP contribution in [0.2, 0.25) is 0 Å². The minimum absolute atomic E-state index is 0.128. The third-order valence-corrected chi connectivity index (χ3v) is 2.49. The van der Waals surface area contributed by atoms with Crippen molar-refractivity contribution in [1.29, 1.82) is 5.26 Å². The number of hydrogen-bond donors (Lipinski definition) is 0. The van der Waals surface area contributed by atoms with Crippen LogP contribution in [-0.2, 0) is 0 Å². The van der Waals surface area contributed by atoms with Crippen LogP contribution in [0.4, 0.5) is 0 Å². The predicted octanol–water partition coefficient (Wildman–Crippen LogP) is 2.04. The van der Waals surface area contributed by atoms with E-state index in [4.69, 9.17) is 5.26 Å². The summed E-state index contributed by atoms with van der Waals surface area (Å²) in [6.07, 6.45) is 5.48. The molecule has 1 aliphatic rings. The monoisotopic (exact) mass is 141 g/mol. The fraction of sp³-hybridized carbons (Fsp3) is 0.857. The number of hydrogen-bond acceptors (Lipinski definition) is 2. The molecule has 0 spiro atoms. The Labute approximate surface area is 60.4 Å². The lowest BCUT2D eigenvalue weighted by molar-refractivity contribution is 0.648. The van der Waals surface area contributed by atoms with Crippen LogP contribution in [0, 0.1) is 16.7 Å². The van der Waals surface area contributed by atoms with Gasteiger partial charge in [0, 0.05) is 0 Å². The summed E-state index contributed by atoms with van der Waals surface area (Å²) in [5.41, 5.74) is 0.128. The minimum Gasteiger partial charge on any atom is -0.198 e. The van der Waals surface area contributed by atoms with Gasteiger partial charge < -0.3 is 0 Å². The van der Waals surface area contributed by atoms with Gasteiger partial charge in [-0.1, -0.05) is 0 Å². The molecule has 0 saturated heterocycles. The van der Waals surface area contributed by atoms with E-state index < -0.39 is 0 Å². The van der Waals surface area contributed by atoms with Crippen molar-refractivity contribution in [2.75, 3.05) is 12.0 Å². The molecule has 0 atom stereocenters. The zero-order chi connectivity index (χ0) is 6.74. The van der Waals surface area contributed by atoms with Gasteiger partial charge in [-0.3, -0.25) is 0 Å². The highest BCUT2D eigenvalue weighted by Crippen LogP contribution is 2.48. The van der Waals surface area contributed by atoms with E-state index in [1.807, 2.05) is 11.8 Å². The Balaban J connectivity index is 2.20. The summed E-state index contributed by atoms with van der Waals surface area (Å²) in [4.78, 5) is 0. The first-order chi connectivity index (χ1) is 4.33. The second kappa shape index (κ2) is 2.62. The van der Waals surface area contributed by atoms with Gasteiger partial charge in [0.25, 0.3) is 0 Å². The van der Waals surface area contributed by atoms with E-state index in [1.54, 1.807) is 0 Å². The molecule has 1 saturated carbocycles. The smallest absolute Gasteiger partial charge is 0.0690 e. The number of nitriles is 1. The first-order valence-corrected chi connectivity index (χ1v) is 4.63. The minimum atomic E-state index is 0.128. The maximum Gasteiger partial charge on any atom is 0.0690 e. The normalized spacial score (nSPS) is 20.9. The van der Waals surface area contributed by atoms with Crippen LogP contribution in [0.15, 0.2) is 0 Å². The molecule has 0 unspecified atom stereocenters. The molecule has 0 radical (unpaired) electrons. The first kappa shape index (κ1) is 6.95. The molecule has 50 valence electrons. The topological polar surface area (TPSA) is 23.8 Å². The Kier molecular flexibility index (Phi) is 2.02. The van der Waals surface area contributed by atoms with Crippen LogP contribution in [0.25, 0.3) is 0 Å². The van der Waals surface area contributed by atoms with Crippen molar-refractivity contribution in [3.8, 4) is 6.07 Å². The molecule has 0 aliphatic heterocycles. The van der Waals surface area contributed by atoms with Crippen molar-refractivity contribution in [3.05, 3.63) is 0 Å². The highest BCUT2D eigenvalue weighted by atomic mass is 32.2. The summed E-state index contributed by atoms with van der Waals surface area (Å²) < 4.78 is 0. The molecular formula is C7H11NS. The van der Waals surface area contributed by atoms with Crippen LogP contribution >= 0.6 is 11.8 Å². The van der Waals surface area contributed by atoms with Crippen molar-refractivity contribution in [2.45, 2.75) is 19.3 Å². The number of nitrogens with zero attached hydrogens (tertiary/aromatic N) is 1. The molecule has 9 heavy (non-hydrogen) atoms. The highest BCUT2D eigenvalue weighted by Gasteiger charge is 2.42. The third-order valence-electron chi connectivity index (χ3n) is 1.88. The van der Waals surface area contributed by atoms with Crippen LogP contribution in [0.1, 0.15) is 19.3 Å². The average molecular weight is 141 g/mol. The fourth-order valence-corrected chi connectivity index (χ4v) is 1.46. The Morgan fingerprint density at radius 2 is 2.33 bits per heavy atom. The van der Waals surface area contributed by atoms with E-state index >= 15 is 0 Å². The molecule has 0 heterocycles. The van der Waals surface area contributed by atoms with Crippen molar-refractivity contribution < 1.29 is 0 Å². The summed E-state index contributed by atoms with van der Waals surface area (Å²) in [7, 11) is 0. The largest absolute Gasteiger partial charge is 0.198 e. The van der Waals surface area contributed by atoms with Crippen molar-refractivity contribution in [1.82, 2.24) is 0 Å². The molecule has 0 aromatic carbocycles. The molecule has 0 bridgehead atoms. The lowest BCUT2D eigenvalue weighted by atomic mass is 10.1. The maximum atomic E-state index is 8.62. The lowest BCUT2D eigenvalue weighted by Crippen LogP contribution is -1.96. The fourth-order valence-electron chi connectivity index (χ4n) is 0.866. The average Bonchev–Trinajstić information content (AvgIpc) is 2.65. The summed E-state index contributed by atoms with van der Waals surface area (Å²) in [5.74, 6) is 1.15. The van der Waals surface area contributed by atoms with Crippen LogP contribution in [-0.4, -0.2) is 12.0 Å². The highest BCUT2D eigenvalue weighted by molar-refractivity contribution is 7.98. The van der Waals surface area contributed by atoms with Gasteiger partial charge in [0.1, 0.15) is 0 Å². The Morgan fingerprint density at radius 3 is 2.67 bits per heavy atom. The first-order valence-electron chi connectivity index (χ1n) is 3.23. The summed E-state index contributed by atoms with van der Waals surface area (Å²) >= 11 is 1.83. The van der Waals surface area contributed by atoms with Gasteiger partial charge in [0.15, 0.2) is 0 Å². The van der Waals surface area contributed by atoms with Crippen LogP contribution in [0.5, 0.6) is 0 Å². The molecule has 0 N–H and O–H groups in total. The third kappa shape index (κ3) is 1.62. The van der Waals surface area contributed by atoms with Gasteiger partial charge in [-0.05, 0) is 31.3 Å². The van der Waals surface area contributed by atoms with E-state index in [9.17, 15) is 0 Å². The molecule has 0 aromatic rings. The van der Waals surface area contributed by atoms with Gasteiger partial charge in [0.05, 0.1) is 11.5 Å². The SMILES string of the molecule is CSCCC1(C#N)CC1. The second-order valence-corrected chi connectivity index (χ2v) is 3.62. The Bertz CT molecular complexity index is 132. The number of rotatable bonds is 3. The molecule has 1 aliphatic carbocycles.